The summed E-state index contributed by atoms with van der Waals surface area (Å²) in [6.45, 7) is 4.39. The van der Waals surface area contributed by atoms with E-state index in [1.54, 1.807) is 4.90 Å². The number of carbonyl (C=O) groups is 2. The maximum Gasteiger partial charge on any atom is 0.319 e. The molecule has 0 atom stereocenters. The number of aromatic nitrogens is 2. The van der Waals surface area contributed by atoms with Gasteiger partial charge >= 0.3 is 5.97 Å². The Morgan fingerprint density at radius 3 is 2.48 bits per heavy atom. The third-order valence-corrected chi connectivity index (χ3v) is 6.42. The van der Waals surface area contributed by atoms with E-state index < -0.39 is 0 Å². The van der Waals surface area contributed by atoms with E-state index in [1.165, 1.54) is 29.3 Å². The van der Waals surface area contributed by atoms with Gasteiger partial charge in [-0.2, -0.15) is 0 Å². The molecule has 0 saturated carbocycles. The molecule has 0 spiro atoms. The van der Waals surface area contributed by atoms with Gasteiger partial charge in [-0.15, -0.1) is 11.3 Å². The number of aryl methyl sites for hydroxylation is 1. The zero-order valence-corrected chi connectivity index (χ0v) is 18.4. The van der Waals surface area contributed by atoms with Gasteiger partial charge in [-0.1, -0.05) is 29.8 Å². The van der Waals surface area contributed by atoms with Gasteiger partial charge in [0.05, 0.1) is 25.4 Å². The molecule has 9 heteroatoms. The molecule has 0 aliphatic carbocycles. The van der Waals surface area contributed by atoms with Crippen LogP contribution >= 0.6 is 11.3 Å². The summed E-state index contributed by atoms with van der Waals surface area (Å²) in [7, 11) is 1.36. The van der Waals surface area contributed by atoms with E-state index in [2.05, 4.69) is 9.72 Å². The van der Waals surface area contributed by atoms with Crippen LogP contribution in [-0.2, 0) is 20.9 Å². The number of carbonyl (C=O) groups excluding carboxylic acids is 2. The van der Waals surface area contributed by atoms with E-state index >= 15 is 0 Å². The third kappa shape index (κ3) is 4.52. The van der Waals surface area contributed by atoms with Crippen molar-refractivity contribution in [3.05, 3.63) is 51.9 Å². The number of benzene rings is 1. The summed E-state index contributed by atoms with van der Waals surface area (Å²) in [6, 6.07) is 8.01. The molecule has 0 bridgehead atoms. The van der Waals surface area contributed by atoms with Gasteiger partial charge in [0.15, 0.2) is 0 Å². The minimum atomic E-state index is -0.286. The lowest BCUT2D eigenvalue weighted by atomic mass is 10.1. The number of piperazine rings is 1. The summed E-state index contributed by atoms with van der Waals surface area (Å²) >= 11 is 1.43. The standard InChI is InChI=1S/C22H24N4O4S/c1-15-3-5-16(6-4-15)17-13-31-21-20(17)22(29)26(14-23-21)11-18(27)25-9-7-24(8-10-25)12-19(28)30-2/h3-6,13-14H,7-12H2,1-2H3. The van der Waals surface area contributed by atoms with Crippen LogP contribution in [0.15, 0.2) is 40.8 Å². The molecule has 1 fully saturated rings. The average Bonchev–Trinajstić information content (AvgIpc) is 3.21. The Kier molecular flexibility index (Phi) is 6.15. The van der Waals surface area contributed by atoms with Crippen molar-refractivity contribution in [2.75, 3.05) is 39.8 Å². The molecule has 8 nitrogen and oxygen atoms in total. The van der Waals surface area contributed by atoms with Crippen LogP contribution in [-0.4, -0.2) is 71.1 Å². The van der Waals surface area contributed by atoms with Crippen LogP contribution < -0.4 is 5.56 Å². The zero-order valence-electron chi connectivity index (χ0n) is 17.5. The van der Waals surface area contributed by atoms with Crippen LogP contribution in [0.3, 0.4) is 0 Å². The Labute approximate surface area is 183 Å². The van der Waals surface area contributed by atoms with Crippen LogP contribution in [0.1, 0.15) is 5.56 Å². The molecule has 4 rings (SSSR count). The largest absolute Gasteiger partial charge is 0.468 e. The highest BCUT2D eigenvalue weighted by Crippen LogP contribution is 2.30. The summed E-state index contributed by atoms with van der Waals surface area (Å²) in [5.74, 6) is -0.418. The van der Waals surface area contributed by atoms with Crippen LogP contribution in [0, 0.1) is 6.92 Å². The SMILES string of the molecule is COC(=O)CN1CCN(C(=O)Cn2cnc3scc(-c4ccc(C)cc4)c3c2=O)CC1. The first-order valence-corrected chi connectivity index (χ1v) is 10.9. The highest BCUT2D eigenvalue weighted by molar-refractivity contribution is 7.17. The number of hydrogen-bond donors (Lipinski definition) is 0. The topological polar surface area (TPSA) is 84.7 Å². The van der Waals surface area contributed by atoms with Gasteiger partial charge in [-0.25, -0.2) is 4.98 Å². The molecule has 1 aliphatic rings. The van der Waals surface area contributed by atoms with Crippen molar-refractivity contribution < 1.29 is 14.3 Å². The molecule has 1 amide bonds. The highest BCUT2D eigenvalue weighted by atomic mass is 32.1. The molecule has 1 saturated heterocycles. The van der Waals surface area contributed by atoms with Gasteiger partial charge in [-0.05, 0) is 12.5 Å². The van der Waals surface area contributed by atoms with Crippen LogP contribution in [0.5, 0.6) is 0 Å². The minimum Gasteiger partial charge on any atom is -0.468 e. The summed E-state index contributed by atoms with van der Waals surface area (Å²) < 4.78 is 6.07. The molecule has 3 aromatic rings. The first-order chi connectivity index (χ1) is 15.0. The number of methoxy groups -OCH3 is 1. The van der Waals surface area contributed by atoms with Gasteiger partial charge in [0.25, 0.3) is 5.56 Å². The summed E-state index contributed by atoms with van der Waals surface area (Å²) in [5, 5.41) is 2.49. The van der Waals surface area contributed by atoms with Crippen LogP contribution in [0.25, 0.3) is 21.3 Å². The third-order valence-electron chi connectivity index (χ3n) is 5.53. The molecule has 1 aromatic carbocycles. The van der Waals surface area contributed by atoms with Crippen LogP contribution in [0.4, 0.5) is 0 Å². The lowest BCUT2D eigenvalue weighted by Gasteiger charge is -2.34. The maximum absolute atomic E-state index is 13.2. The summed E-state index contributed by atoms with van der Waals surface area (Å²) in [6.07, 6.45) is 1.45. The van der Waals surface area contributed by atoms with Crippen molar-refractivity contribution >= 4 is 33.4 Å². The molecule has 162 valence electrons. The summed E-state index contributed by atoms with van der Waals surface area (Å²) in [4.78, 5) is 46.1. The van der Waals surface area contributed by atoms with E-state index in [9.17, 15) is 14.4 Å². The molecule has 0 radical (unpaired) electrons. The normalized spacial score (nSPS) is 14.7. The van der Waals surface area contributed by atoms with Crippen molar-refractivity contribution in [2.45, 2.75) is 13.5 Å². The number of esters is 1. The molecular weight excluding hydrogens is 416 g/mol. The smallest absolute Gasteiger partial charge is 0.319 e. The predicted molar refractivity (Wildman–Crippen MR) is 119 cm³/mol. The fourth-order valence-corrected chi connectivity index (χ4v) is 4.58. The number of thiophene rings is 1. The zero-order chi connectivity index (χ0) is 22.0. The lowest BCUT2D eigenvalue weighted by Crippen LogP contribution is -2.51. The Balaban J connectivity index is 1.50. The molecule has 3 heterocycles. The number of nitrogens with zero attached hydrogens (tertiary/aromatic N) is 4. The second-order valence-electron chi connectivity index (χ2n) is 7.61. The number of amides is 1. The minimum absolute atomic E-state index is 0.0536. The highest BCUT2D eigenvalue weighted by Gasteiger charge is 2.23. The molecule has 0 unspecified atom stereocenters. The van der Waals surface area contributed by atoms with Crippen molar-refractivity contribution in [1.29, 1.82) is 0 Å². The maximum atomic E-state index is 13.2. The lowest BCUT2D eigenvalue weighted by molar-refractivity contribution is -0.142. The van der Waals surface area contributed by atoms with Gasteiger partial charge < -0.3 is 9.64 Å². The van der Waals surface area contributed by atoms with Gasteiger partial charge in [0.2, 0.25) is 5.91 Å². The van der Waals surface area contributed by atoms with E-state index in [-0.39, 0.29) is 30.5 Å². The number of ether oxygens (including phenoxy) is 1. The number of hydrogen-bond acceptors (Lipinski definition) is 7. The monoisotopic (exact) mass is 440 g/mol. The Morgan fingerprint density at radius 1 is 1.10 bits per heavy atom. The molecule has 1 aliphatic heterocycles. The molecular formula is C22H24N4O4S. The summed E-state index contributed by atoms with van der Waals surface area (Å²) in [5.41, 5.74) is 2.74. The van der Waals surface area contributed by atoms with Crippen molar-refractivity contribution in [1.82, 2.24) is 19.4 Å². The quantitative estimate of drug-likeness (QED) is 0.562. The van der Waals surface area contributed by atoms with E-state index in [4.69, 9.17) is 0 Å². The number of fused-ring (bicyclic) bond motifs is 1. The van der Waals surface area contributed by atoms with E-state index in [0.717, 1.165) is 16.7 Å². The van der Waals surface area contributed by atoms with E-state index in [1.807, 2.05) is 41.5 Å². The average molecular weight is 441 g/mol. The van der Waals surface area contributed by atoms with Crippen molar-refractivity contribution in [2.24, 2.45) is 0 Å². The Morgan fingerprint density at radius 2 is 1.81 bits per heavy atom. The first kappa shape index (κ1) is 21.2. The second kappa shape index (κ2) is 8.99. The number of rotatable bonds is 5. The molecule has 0 N–H and O–H groups in total. The second-order valence-corrected chi connectivity index (χ2v) is 8.46. The van der Waals surface area contributed by atoms with Gasteiger partial charge in [0.1, 0.15) is 11.4 Å². The van der Waals surface area contributed by atoms with Gasteiger partial charge in [-0.3, -0.25) is 23.9 Å². The predicted octanol–water partition coefficient (Wildman–Crippen LogP) is 1.75. The molecule has 2 aromatic heterocycles. The Hall–Kier alpha value is -3.04. The van der Waals surface area contributed by atoms with Gasteiger partial charge in [0, 0.05) is 37.1 Å². The Bertz CT molecular complexity index is 1160. The van der Waals surface area contributed by atoms with E-state index in [0.29, 0.717) is 36.4 Å². The van der Waals surface area contributed by atoms with Crippen molar-refractivity contribution in [3.8, 4) is 11.1 Å². The first-order valence-electron chi connectivity index (χ1n) is 10.1. The fourth-order valence-electron chi connectivity index (χ4n) is 3.67. The fraction of sp³-hybridized carbons (Fsp3) is 0.364. The molecule has 31 heavy (non-hydrogen) atoms. The van der Waals surface area contributed by atoms with Crippen molar-refractivity contribution in [3.63, 3.8) is 0 Å². The van der Waals surface area contributed by atoms with Crippen LogP contribution in [0.2, 0.25) is 0 Å².